The summed E-state index contributed by atoms with van der Waals surface area (Å²) in [7, 11) is 3.70. The number of ether oxygens (including phenoxy) is 10. The molecule has 10 atom stereocenters. The number of rotatable bonds is 5. The lowest BCUT2D eigenvalue weighted by Crippen LogP contribution is -2.62. The number of piperazine rings is 5. The Morgan fingerprint density at radius 2 is 0.552 bits per heavy atom. The van der Waals surface area contributed by atoms with Crippen molar-refractivity contribution in [3.8, 4) is 57.5 Å². The molecular weight excluding hydrogens is 1850 g/mol. The van der Waals surface area contributed by atoms with Gasteiger partial charge in [0.1, 0.15) is 35.6 Å². The quantitative estimate of drug-likeness (QED) is 0.107. The minimum Gasteiger partial charge on any atom is -0.454 e. The van der Waals surface area contributed by atoms with Crippen LogP contribution in [0.1, 0.15) is 177 Å². The molecule has 145 heavy (non-hydrogen) atoms. The molecular formula is C110H95N15O20. The third kappa shape index (κ3) is 14.2. The molecule has 0 bridgehead atoms. The highest BCUT2D eigenvalue weighted by Crippen LogP contribution is 2.53. The van der Waals surface area contributed by atoms with Crippen LogP contribution in [0.15, 0.2) is 212 Å². The van der Waals surface area contributed by atoms with Crippen LogP contribution >= 0.6 is 0 Å². The predicted octanol–water partition coefficient (Wildman–Crippen LogP) is 11.1. The van der Waals surface area contributed by atoms with E-state index >= 15 is 0 Å². The summed E-state index contributed by atoms with van der Waals surface area (Å²) in [5.41, 5.74) is -2.02. The van der Waals surface area contributed by atoms with Crippen molar-refractivity contribution in [3.05, 3.63) is 296 Å². The molecule has 5 fully saturated rings. The Bertz CT molecular complexity index is 10800. The fourth-order valence-corrected chi connectivity index (χ4v) is 19.6. The summed E-state index contributed by atoms with van der Waals surface area (Å²) in [5.74, 6) is -11.5. The average molecular weight is 1990 g/mol. The van der Waals surface area contributed by atoms with Crippen LogP contribution in [0.2, 0.25) is 0 Å². The standard InChI is InChI=1S/5C22H19N3O4/c5*1-24-10-19(26)25-16(22(24)27)9-14-13-4-2-3-5-15(13)23-20(14)21(25)12-6-7-17-18(8-12)29-11-28-17/h5*2-8,16,21,23H,9-11H2,1H3/t5*16-,21?/m11111/s1/i2D,3D,4D,5D,6D,7D,8D,9D2,11D2,16D;2D,3D,4D,5D,6D,7D,8D,9D2,16D;1D3,2D,3D,4D,5D,9D2,16D;6D,7D,8D,9D2,11D2,16D;1D3,9D2,16D. The minimum absolute atomic E-state index is 0.0146. The summed E-state index contributed by atoms with van der Waals surface area (Å²) < 4.78 is 444. The van der Waals surface area contributed by atoms with Gasteiger partial charge < -0.3 is 121 Å². The molecule has 730 valence electrons. The van der Waals surface area contributed by atoms with Gasteiger partial charge in [-0.15, -0.1) is 0 Å². The van der Waals surface area contributed by atoms with Gasteiger partial charge in [0.25, 0.3) is 0 Å². The number of nitrogens with one attached hydrogen (secondary N) is 5. The number of carbonyl (C=O) groups is 10. The third-order valence-corrected chi connectivity index (χ3v) is 26.1. The fraction of sp³-hybridized carbons (Fsp3) is 0.273. The van der Waals surface area contributed by atoms with Crippen molar-refractivity contribution in [2.45, 2.75) is 92.2 Å². The molecule has 5 saturated heterocycles. The molecule has 0 spiro atoms. The molecule has 0 saturated carbocycles. The van der Waals surface area contributed by atoms with Crippen LogP contribution in [-0.2, 0) is 79.8 Å². The second-order valence-electron chi connectivity index (χ2n) is 34.4. The normalized spacial score (nSPS) is 32.5. The van der Waals surface area contributed by atoms with Crippen LogP contribution < -0.4 is 47.4 Å². The zero-order chi connectivity index (χ0) is 139. The second-order valence-corrected chi connectivity index (χ2v) is 34.4. The van der Waals surface area contributed by atoms with Gasteiger partial charge in [0, 0.05) is 172 Å². The molecule has 35 heteroatoms. The summed E-state index contributed by atoms with van der Waals surface area (Å²) in [6, 6.07) is -12.7. The van der Waals surface area contributed by atoms with E-state index in [2.05, 4.69) is 24.9 Å². The maximum atomic E-state index is 13.7. The van der Waals surface area contributed by atoms with E-state index < -0.39 is 384 Å². The first-order valence-corrected chi connectivity index (χ1v) is 44.2. The highest BCUT2D eigenvalue weighted by Gasteiger charge is 2.55. The maximum Gasteiger partial charge on any atom is 0.245 e. The van der Waals surface area contributed by atoms with Gasteiger partial charge in [-0.1, -0.05) is 121 Å². The van der Waals surface area contributed by atoms with Gasteiger partial charge >= 0.3 is 0 Å². The molecule has 10 amide bonds. The average Bonchev–Trinajstić information content (AvgIpc) is 1.55. The van der Waals surface area contributed by atoms with Crippen molar-refractivity contribution in [2.75, 3.05) is 102 Å². The number of hydrogen-bond donors (Lipinski definition) is 5. The lowest BCUT2D eigenvalue weighted by molar-refractivity contribution is -0.157. The van der Waals surface area contributed by atoms with Gasteiger partial charge in [0.15, 0.2) is 57.5 Å². The number of hydrogen-bond acceptors (Lipinski definition) is 20. The van der Waals surface area contributed by atoms with Crippen LogP contribution in [-0.4, -0.2) is 265 Å². The molecule has 0 aliphatic carbocycles. The van der Waals surface area contributed by atoms with E-state index in [0.29, 0.717) is 69.9 Å². The van der Waals surface area contributed by atoms with Gasteiger partial charge in [0.05, 0.1) is 98.6 Å². The highest BCUT2D eigenvalue weighted by atomic mass is 16.7. The van der Waals surface area contributed by atoms with E-state index in [1.165, 1.54) is 39.3 Å². The number of carbonyl (C=O) groups excluding carboxylic acids is 10. The second kappa shape index (κ2) is 33.9. The van der Waals surface area contributed by atoms with E-state index in [1.54, 1.807) is 66.7 Å². The third-order valence-electron chi connectivity index (χ3n) is 26.1. The van der Waals surface area contributed by atoms with Crippen LogP contribution in [0.4, 0.5) is 0 Å². The number of fused-ring (bicyclic) bond motifs is 25. The Balaban J connectivity index is 0.000000113. The van der Waals surface area contributed by atoms with Crippen molar-refractivity contribution >= 4 is 114 Å². The maximum absolute atomic E-state index is 13.7. The number of benzene rings is 10. The molecule has 10 aromatic carbocycles. The van der Waals surface area contributed by atoms with E-state index in [9.17, 15) is 54.8 Å². The van der Waals surface area contributed by atoms with Gasteiger partial charge in [-0.2, -0.15) is 0 Å². The molecule has 15 aliphatic rings. The van der Waals surface area contributed by atoms with E-state index in [-0.39, 0.29) is 126 Å². The Kier molecular flexibility index (Phi) is 12.1. The van der Waals surface area contributed by atoms with E-state index in [1.807, 2.05) is 0 Å². The monoisotopic (exact) mass is 1990 g/mol. The van der Waals surface area contributed by atoms with Crippen molar-refractivity contribution in [3.63, 3.8) is 0 Å². The number of aromatic nitrogens is 5. The molecule has 5 unspecified atom stereocenters. The Morgan fingerprint density at radius 1 is 0.283 bits per heavy atom. The first-order chi connectivity index (χ1) is 88.8. The van der Waals surface area contributed by atoms with Gasteiger partial charge in [-0.25, -0.2) is 0 Å². The Morgan fingerprint density at radius 3 is 0.903 bits per heavy atom. The van der Waals surface area contributed by atoms with Crippen LogP contribution in [0.3, 0.4) is 0 Å². The van der Waals surface area contributed by atoms with E-state index in [4.69, 9.17) is 104 Å². The minimum atomic E-state index is -3.16. The first kappa shape index (κ1) is 51.9. The van der Waals surface area contributed by atoms with E-state index in [0.717, 1.165) is 24.5 Å². The number of nitrogens with zero attached hydrogens (tertiary/aromatic N) is 10. The van der Waals surface area contributed by atoms with Gasteiger partial charge in [0.2, 0.25) is 92.9 Å². The van der Waals surface area contributed by atoms with Gasteiger partial charge in [-0.3, -0.25) is 47.9 Å². The number of H-pyrrole nitrogens is 5. The smallest absolute Gasteiger partial charge is 0.245 e. The Hall–Kier alpha value is -17.4. The number of likely N-dealkylation sites (N-methyl/N-ethyl adjacent to an activating group) is 5. The summed E-state index contributed by atoms with van der Waals surface area (Å²) >= 11 is 0. The van der Waals surface area contributed by atoms with Crippen molar-refractivity contribution in [2.24, 2.45) is 0 Å². The predicted molar refractivity (Wildman–Crippen MR) is 523 cm³/mol. The lowest BCUT2D eigenvalue weighted by Gasteiger charge is -2.46. The van der Waals surface area contributed by atoms with Crippen LogP contribution in [0, 0.1) is 0 Å². The zero-order valence-electron chi connectivity index (χ0n) is 121. The number of para-hydroxylation sites is 5. The molecule has 5 aromatic heterocycles. The van der Waals surface area contributed by atoms with Crippen molar-refractivity contribution < 1.29 is 158 Å². The summed E-state index contributed by atoms with van der Waals surface area (Å²) in [6.07, 6.45) is -14.7. The first-order valence-electron chi connectivity index (χ1n) is 67.2. The highest BCUT2D eigenvalue weighted by molar-refractivity contribution is 6.03. The van der Waals surface area contributed by atoms with Crippen LogP contribution in [0.25, 0.3) is 54.5 Å². The fourth-order valence-electron chi connectivity index (χ4n) is 19.6. The van der Waals surface area contributed by atoms with Crippen molar-refractivity contribution in [1.82, 2.24) is 73.9 Å². The Labute approximate surface area is 891 Å². The summed E-state index contributed by atoms with van der Waals surface area (Å²) in [6.45, 7) is -15.4. The topological polar surface area (TPSA) is 374 Å². The number of aromatic amines is 5. The zero-order valence-corrected chi connectivity index (χ0v) is 74.8. The molecule has 5 N–H and O–H groups in total. The SMILES string of the molecule is [2H]C([2H])([2H])N1CC(=O)N2C(c3ccc4c(c3)OCO4)c3[nH]c4ccccc4c3C([2H])([2H])[C@]2([2H])C1=O.[2H]c1c([2H])c(C2c3[nH]c4c([2H])c([2H])c([2H])c([2H])c4c3C([2H])([2H])[C@]3([2H])C(=O)N(C)CC(=O)N23)c([2H])c2c1OC([2H])([2H])O2.[2H]c1c([2H])c(C2c3[nH]c4c([2H])c([2H])c([2H])c([2H])c4c3C([2H])([2H])[C@]3([2H])C(=O)N(C)CC(=O)N23)c([2H])c2c1OCO2.[2H]c1c([2H])c(C2c3[nH]c4ccccc4c3C([2H])([2H])[C@]3([2H])C(=O)N(C)CC(=O)N23)c([2H])c2c1OC([2H])([2H])O2.[2H]c1c([2H])c([2H])c2c3c([nH]c2c1[2H])C(c1ccc2c(c1)OCO2)N1C(=O)CN(C([2H])([2H])[2H])C(=O)[C@@]1([2H])C3([2H])[2H]. The van der Waals surface area contributed by atoms with Gasteiger partial charge in [-0.05, 0) is 146 Å². The lowest BCUT2D eigenvalue weighted by atomic mass is 9.86. The number of amides is 10. The molecule has 30 rings (SSSR count). The van der Waals surface area contributed by atoms with Crippen molar-refractivity contribution in [1.29, 1.82) is 0 Å². The largest absolute Gasteiger partial charge is 0.454 e. The molecule has 15 aromatic rings. The molecule has 35 nitrogen and oxygen atoms in total. The molecule has 20 heterocycles. The van der Waals surface area contributed by atoms with Crippen LogP contribution in [0.5, 0.6) is 57.5 Å². The molecule has 15 aliphatic heterocycles. The summed E-state index contributed by atoms with van der Waals surface area (Å²) in [4.78, 5) is 157. The summed E-state index contributed by atoms with van der Waals surface area (Å²) in [5, 5.41) is -0.217. The molecule has 0 radical (unpaired) electrons.